The highest BCUT2D eigenvalue weighted by Crippen LogP contribution is 2.24. The number of halogens is 4. The minimum Gasteiger partial charge on any atom is -0.406 e. The van der Waals surface area contributed by atoms with E-state index in [2.05, 4.69) is 41.2 Å². The number of carbonyl (C=O) groups excluding carboxylic acids is 2. The maximum atomic E-state index is 13.4. The first-order valence-corrected chi connectivity index (χ1v) is 13.2. The van der Waals surface area contributed by atoms with E-state index >= 15 is 0 Å². The summed E-state index contributed by atoms with van der Waals surface area (Å²) in [5.41, 5.74) is 1.35. The number of amides is 3. The normalized spacial score (nSPS) is 13.8. The first-order chi connectivity index (χ1) is 18.6. The van der Waals surface area contributed by atoms with E-state index in [1.54, 1.807) is 15.7 Å². The summed E-state index contributed by atoms with van der Waals surface area (Å²) in [6.07, 6.45) is -1.45. The topological polar surface area (TPSA) is 91.7 Å². The Balaban J connectivity index is 1.38. The SMILES string of the molecule is CCCCn1cc(NC(=O)Nc2ccc(OC(F)(F)F)cc2)nc1C(=O)N1CCN(c2ccc(Br)cc2)CC1. The molecule has 1 fully saturated rings. The number of anilines is 3. The zero-order valence-electron chi connectivity index (χ0n) is 21.2. The van der Waals surface area contributed by atoms with Crippen LogP contribution < -0.4 is 20.3 Å². The van der Waals surface area contributed by atoms with Crippen molar-refractivity contribution in [1.29, 1.82) is 0 Å². The van der Waals surface area contributed by atoms with Gasteiger partial charge in [-0.1, -0.05) is 29.3 Å². The Morgan fingerprint density at radius 3 is 2.28 bits per heavy atom. The number of aryl methyl sites for hydroxylation is 1. The standard InChI is InChI=1S/C26H28BrF3N6O3/c1-2-3-12-36-17-22(33-25(38)31-19-6-10-21(11-7-19)39-26(28,29)30)32-23(36)24(37)35-15-13-34(14-16-35)20-8-4-18(27)5-9-20/h4-11,17H,2-3,12-16H2,1H3,(H2,31,33,38). The third kappa shape index (κ3) is 7.88. The Kier molecular flexibility index (Phi) is 9.00. The van der Waals surface area contributed by atoms with Gasteiger partial charge in [-0.25, -0.2) is 9.78 Å². The summed E-state index contributed by atoms with van der Waals surface area (Å²) in [5, 5.41) is 5.12. The number of piperazine rings is 1. The van der Waals surface area contributed by atoms with Gasteiger partial charge in [-0.3, -0.25) is 10.1 Å². The summed E-state index contributed by atoms with van der Waals surface area (Å²) in [4.78, 5) is 34.3. The smallest absolute Gasteiger partial charge is 0.406 e. The Bertz CT molecular complexity index is 1270. The van der Waals surface area contributed by atoms with E-state index in [9.17, 15) is 22.8 Å². The molecule has 2 aromatic carbocycles. The van der Waals surface area contributed by atoms with Gasteiger partial charge >= 0.3 is 12.4 Å². The number of ether oxygens (including phenoxy) is 1. The summed E-state index contributed by atoms with van der Waals surface area (Å²) < 4.78 is 43.6. The predicted molar refractivity (Wildman–Crippen MR) is 145 cm³/mol. The second kappa shape index (κ2) is 12.4. The number of alkyl halides is 3. The molecule has 0 unspecified atom stereocenters. The van der Waals surface area contributed by atoms with Gasteiger partial charge in [-0.2, -0.15) is 0 Å². The number of hydrogen-bond acceptors (Lipinski definition) is 5. The highest BCUT2D eigenvalue weighted by molar-refractivity contribution is 9.10. The number of hydrogen-bond donors (Lipinski definition) is 2. The third-order valence-electron chi connectivity index (χ3n) is 6.07. The molecule has 4 rings (SSSR count). The number of urea groups is 1. The number of imidazole rings is 1. The van der Waals surface area contributed by atoms with Gasteiger partial charge in [0.25, 0.3) is 5.91 Å². The molecular formula is C26H28BrF3N6O3. The van der Waals surface area contributed by atoms with Crippen molar-refractivity contribution in [1.82, 2.24) is 14.5 Å². The Morgan fingerprint density at radius 1 is 1.00 bits per heavy atom. The molecule has 2 heterocycles. The Labute approximate surface area is 232 Å². The van der Waals surface area contributed by atoms with Gasteiger partial charge in [0, 0.05) is 54.8 Å². The van der Waals surface area contributed by atoms with E-state index < -0.39 is 18.1 Å². The first kappa shape index (κ1) is 28.3. The zero-order chi connectivity index (χ0) is 28.0. The highest BCUT2D eigenvalue weighted by Gasteiger charge is 2.31. The fraction of sp³-hybridized carbons (Fsp3) is 0.346. The molecule has 3 aromatic rings. The molecule has 0 atom stereocenters. The molecule has 1 saturated heterocycles. The number of nitrogens with zero attached hydrogens (tertiary/aromatic N) is 4. The summed E-state index contributed by atoms with van der Waals surface area (Å²) in [5.74, 6) is -0.179. The molecular weight excluding hydrogens is 581 g/mol. The molecule has 0 radical (unpaired) electrons. The van der Waals surface area contributed by atoms with Crippen LogP contribution in [0.3, 0.4) is 0 Å². The van der Waals surface area contributed by atoms with E-state index in [1.807, 2.05) is 31.2 Å². The van der Waals surface area contributed by atoms with Crippen molar-refractivity contribution in [2.45, 2.75) is 32.7 Å². The number of rotatable bonds is 8. The number of aromatic nitrogens is 2. The first-order valence-electron chi connectivity index (χ1n) is 12.4. The lowest BCUT2D eigenvalue weighted by Gasteiger charge is -2.36. The molecule has 13 heteroatoms. The average molecular weight is 609 g/mol. The molecule has 0 spiro atoms. The molecule has 1 aromatic heterocycles. The van der Waals surface area contributed by atoms with Crippen LogP contribution in [0.4, 0.5) is 35.2 Å². The van der Waals surface area contributed by atoms with E-state index in [0.29, 0.717) is 32.7 Å². The zero-order valence-corrected chi connectivity index (χ0v) is 22.8. The van der Waals surface area contributed by atoms with Crippen LogP contribution in [0.1, 0.15) is 30.4 Å². The van der Waals surface area contributed by atoms with Gasteiger partial charge in [0.15, 0.2) is 5.82 Å². The Morgan fingerprint density at radius 2 is 1.67 bits per heavy atom. The molecule has 0 bridgehead atoms. The van der Waals surface area contributed by atoms with Gasteiger partial charge in [0.1, 0.15) is 5.75 Å². The van der Waals surface area contributed by atoms with E-state index in [4.69, 9.17) is 0 Å². The van der Waals surface area contributed by atoms with Crippen LogP contribution in [0, 0.1) is 0 Å². The van der Waals surface area contributed by atoms with Crippen LogP contribution >= 0.6 is 15.9 Å². The highest BCUT2D eigenvalue weighted by atomic mass is 79.9. The van der Waals surface area contributed by atoms with E-state index in [1.165, 1.54) is 12.1 Å². The summed E-state index contributed by atoms with van der Waals surface area (Å²) >= 11 is 3.44. The predicted octanol–water partition coefficient (Wildman–Crippen LogP) is 5.95. The fourth-order valence-electron chi connectivity index (χ4n) is 4.13. The fourth-order valence-corrected chi connectivity index (χ4v) is 4.39. The van der Waals surface area contributed by atoms with Crippen molar-refractivity contribution in [3.05, 3.63) is 65.0 Å². The maximum Gasteiger partial charge on any atom is 0.573 e. The van der Waals surface area contributed by atoms with Crippen molar-refractivity contribution < 1.29 is 27.5 Å². The van der Waals surface area contributed by atoms with Crippen LogP contribution in [0.15, 0.2) is 59.2 Å². The van der Waals surface area contributed by atoms with Crippen LogP contribution in [0.2, 0.25) is 0 Å². The van der Waals surface area contributed by atoms with Crippen LogP contribution in [0.25, 0.3) is 0 Å². The van der Waals surface area contributed by atoms with Gasteiger partial charge in [0.2, 0.25) is 5.82 Å². The van der Waals surface area contributed by atoms with Gasteiger partial charge in [0.05, 0.1) is 0 Å². The van der Waals surface area contributed by atoms with Crippen molar-refractivity contribution in [3.8, 4) is 5.75 Å². The van der Waals surface area contributed by atoms with E-state index in [-0.39, 0.29) is 23.2 Å². The molecule has 3 amide bonds. The number of carbonyl (C=O) groups is 2. The molecule has 9 nitrogen and oxygen atoms in total. The van der Waals surface area contributed by atoms with Crippen LogP contribution in [-0.4, -0.2) is 58.9 Å². The van der Waals surface area contributed by atoms with Crippen LogP contribution in [-0.2, 0) is 6.54 Å². The van der Waals surface area contributed by atoms with Crippen molar-refractivity contribution in [2.75, 3.05) is 41.7 Å². The second-order valence-corrected chi connectivity index (χ2v) is 9.82. The molecule has 1 aliphatic rings. The van der Waals surface area contributed by atoms with Gasteiger partial charge in [-0.15, -0.1) is 13.2 Å². The summed E-state index contributed by atoms with van der Waals surface area (Å²) in [7, 11) is 0. The maximum absolute atomic E-state index is 13.4. The molecule has 39 heavy (non-hydrogen) atoms. The average Bonchev–Trinajstić information content (AvgIpc) is 3.30. The third-order valence-corrected chi connectivity index (χ3v) is 6.60. The molecule has 2 N–H and O–H groups in total. The summed E-state index contributed by atoms with van der Waals surface area (Å²) in [6, 6.07) is 12.1. The summed E-state index contributed by atoms with van der Waals surface area (Å²) in [6.45, 7) is 5.04. The van der Waals surface area contributed by atoms with Crippen molar-refractivity contribution in [3.63, 3.8) is 0 Å². The van der Waals surface area contributed by atoms with Crippen molar-refractivity contribution >= 4 is 45.1 Å². The Hall–Kier alpha value is -3.74. The molecule has 1 aliphatic heterocycles. The monoisotopic (exact) mass is 608 g/mol. The number of benzene rings is 2. The van der Waals surface area contributed by atoms with Crippen LogP contribution in [0.5, 0.6) is 5.75 Å². The number of nitrogens with one attached hydrogen (secondary N) is 2. The van der Waals surface area contributed by atoms with Gasteiger partial charge < -0.3 is 24.4 Å². The lowest BCUT2D eigenvalue weighted by atomic mass is 10.2. The lowest BCUT2D eigenvalue weighted by molar-refractivity contribution is -0.274. The van der Waals surface area contributed by atoms with Crippen molar-refractivity contribution in [2.24, 2.45) is 0 Å². The molecule has 208 valence electrons. The lowest BCUT2D eigenvalue weighted by Crippen LogP contribution is -2.49. The second-order valence-electron chi connectivity index (χ2n) is 8.90. The number of unbranched alkanes of at least 4 members (excludes halogenated alkanes) is 1. The minimum atomic E-state index is -4.80. The minimum absolute atomic E-state index is 0.192. The largest absolute Gasteiger partial charge is 0.573 e. The molecule has 0 saturated carbocycles. The quantitative estimate of drug-likeness (QED) is 0.330. The molecule has 0 aliphatic carbocycles. The van der Waals surface area contributed by atoms with E-state index in [0.717, 1.165) is 35.1 Å². The van der Waals surface area contributed by atoms with Gasteiger partial charge in [-0.05, 0) is 55.0 Å².